The van der Waals surface area contributed by atoms with Crippen LogP contribution in [0, 0.1) is 0 Å². The van der Waals surface area contributed by atoms with Gasteiger partial charge in [-0.3, -0.25) is 4.79 Å². The molecule has 0 bridgehead atoms. The van der Waals surface area contributed by atoms with E-state index in [-0.39, 0.29) is 5.91 Å². The van der Waals surface area contributed by atoms with E-state index in [0.717, 1.165) is 18.4 Å². The van der Waals surface area contributed by atoms with E-state index in [9.17, 15) is 9.90 Å². The molecule has 2 rings (SSSR count). The molecule has 1 aliphatic rings. The molecule has 1 amide bonds. The van der Waals surface area contributed by atoms with Crippen molar-refractivity contribution in [2.75, 3.05) is 13.1 Å². The first kappa shape index (κ1) is 17.0. The average Bonchev–Trinajstić information content (AvgIpc) is 2.53. The van der Waals surface area contributed by atoms with Gasteiger partial charge in [-0.1, -0.05) is 49.6 Å². The monoisotopic (exact) mass is 304 g/mol. The van der Waals surface area contributed by atoms with Crippen molar-refractivity contribution in [1.82, 2.24) is 10.6 Å². The number of hydrogen-bond donors (Lipinski definition) is 3. The van der Waals surface area contributed by atoms with Crippen molar-refractivity contribution < 1.29 is 9.90 Å². The van der Waals surface area contributed by atoms with Crippen molar-refractivity contribution >= 4 is 5.91 Å². The summed E-state index contributed by atoms with van der Waals surface area (Å²) in [5.41, 5.74) is 1.13. The number of carbonyl (C=O) groups excluding carboxylic acids is 1. The van der Waals surface area contributed by atoms with Crippen molar-refractivity contribution in [3.05, 3.63) is 35.9 Å². The van der Waals surface area contributed by atoms with E-state index in [2.05, 4.69) is 10.6 Å². The largest absolute Gasteiger partial charge is 0.391 e. The highest BCUT2D eigenvalue weighted by Gasteiger charge is 2.15. The number of rotatable bonds is 8. The average molecular weight is 304 g/mol. The van der Waals surface area contributed by atoms with Gasteiger partial charge in [0.05, 0.1) is 6.10 Å². The minimum atomic E-state index is -0.413. The van der Waals surface area contributed by atoms with Gasteiger partial charge in [-0.15, -0.1) is 0 Å². The van der Waals surface area contributed by atoms with E-state index in [1.165, 1.54) is 19.3 Å². The number of aliphatic hydroxyl groups excluding tert-OH is 1. The second kappa shape index (κ2) is 9.59. The molecule has 1 saturated carbocycles. The molecule has 0 spiro atoms. The molecule has 0 aromatic heterocycles. The summed E-state index contributed by atoms with van der Waals surface area (Å²) in [5, 5.41) is 16.2. The van der Waals surface area contributed by atoms with Gasteiger partial charge in [0.25, 0.3) is 0 Å². The molecule has 4 heteroatoms. The molecule has 1 fully saturated rings. The molecule has 3 N–H and O–H groups in total. The predicted molar refractivity (Wildman–Crippen MR) is 88.7 cm³/mol. The topological polar surface area (TPSA) is 61.4 Å². The first-order valence-corrected chi connectivity index (χ1v) is 8.46. The summed E-state index contributed by atoms with van der Waals surface area (Å²) in [6, 6.07) is 10.3. The van der Waals surface area contributed by atoms with Crippen molar-refractivity contribution in [2.24, 2.45) is 0 Å². The Morgan fingerprint density at radius 1 is 1.18 bits per heavy atom. The van der Waals surface area contributed by atoms with Crippen LogP contribution in [0.15, 0.2) is 30.3 Å². The molecule has 0 unspecified atom stereocenters. The predicted octanol–water partition coefficient (Wildman–Crippen LogP) is 2.02. The highest BCUT2D eigenvalue weighted by molar-refractivity contribution is 5.76. The molecule has 1 aliphatic carbocycles. The van der Waals surface area contributed by atoms with E-state index in [0.29, 0.717) is 32.0 Å². The minimum absolute atomic E-state index is 0.122. The summed E-state index contributed by atoms with van der Waals surface area (Å²) in [6.07, 6.45) is 6.71. The van der Waals surface area contributed by atoms with Gasteiger partial charge in [-0.25, -0.2) is 0 Å². The summed E-state index contributed by atoms with van der Waals surface area (Å²) < 4.78 is 0. The third-order valence-electron chi connectivity index (χ3n) is 4.19. The fraction of sp³-hybridized carbons (Fsp3) is 0.611. The van der Waals surface area contributed by atoms with Crippen LogP contribution in [-0.4, -0.2) is 36.2 Å². The van der Waals surface area contributed by atoms with Crippen LogP contribution in [0.2, 0.25) is 0 Å². The molecule has 0 radical (unpaired) electrons. The van der Waals surface area contributed by atoms with Crippen LogP contribution in [-0.2, 0) is 11.2 Å². The Morgan fingerprint density at radius 3 is 2.64 bits per heavy atom. The van der Waals surface area contributed by atoms with Crippen LogP contribution in [0.5, 0.6) is 0 Å². The maximum atomic E-state index is 11.8. The van der Waals surface area contributed by atoms with E-state index < -0.39 is 6.10 Å². The Kier molecular flexibility index (Phi) is 7.40. The second-order valence-corrected chi connectivity index (χ2v) is 6.20. The van der Waals surface area contributed by atoms with Gasteiger partial charge in [0.2, 0.25) is 5.91 Å². The fourth-order valence-corrected chi connectivity index (χ4v) is 2.98. The van der Waals surface area contributed by atoms with Gasteiger partial charge in [0.1, 0.15) is 0 Å². The lowest BCUT2D eigenvalue weighted by molar-refractivity contribution is -0.121. The molecule has 0 heterocycles. The maximum absolute atomic E-state index is 11.8. The van der Waals surface area contributed by atoms with Crippen molar-refractivity contribution in [1.29, 1.82) is 0 Å². The Hall–Kier alpha value is -1.39. The molecule has 1 aromatic carbocycles. The third-order valence-corrected chi connectivity index (χ3v) is 4.19. The molecule has 0 aliphatic heterocycles. The van der Waals surface area contributed by atoms with Gasteiger partial charge >= 0.3 is 0 Å². The van der Waals surface area contributed by atoms with Crippen LogP contribution in [0.3, 0.4) is 0 Å². The zero-order valence-electron chi connectivity index (χ0n) is 13.3. The first-order chi connectivity index (χ1) is 10.7. The van der Waals surface area contributed by atoms with Crippen LogP contribution < -0.4 is 10.6 Å². The molecule has 1 aromatic rings. The normalized spacial score (nSPS) is 17.1. The lowest BCUT2D eigenvalue weighted by Gasteiger charge is -2.22. The summed E-state index contributed by atoms with van der Waals surface area (Å²) in [5.74, 6) is 0.122. The fourth-order valence-electron chi connectivity index (χ4n) is 2.98. The number of aliphatic hydroxyl groups is 1. The highest BCUT2D eigenvalue weighted by atomic mass is 16.3. The molecular formula is C18H28N2O2. The minimum Gasteiger partial charge on any atom is -0.391 e. The first-order valence-electron chi connectivity index (χ1n) is 8.46. The second-order valence-electron chi connectivity index (χ2n) is 6.20. The SMILES string of the molecule is O=C(CCNC[C@H](O)Cc1ccccc1)NC1CCCCC1. The van der Waals surface area contributed by atoms with E-state index in [4.69, 9.17) is 0 Å². The van der Waals surface area contributed by atoms with E-state index in [1.54, 1.807) is 0 Å². The lowest BCUT2D eigenvalue weighted by atomic mass is 9.95. The molecular weight excluding hydrogens is 276 g/mol. The molecule has 1 atom stereocenters. The summed E-state index contributed by atoms with van der Waals surface area (Å²) >= 11 is 0. The molecule has 122 valence electrons. The lowest BCUT2D eigenvalue weighted by Crippen LogP contribution is -2.38. The standard InChI is InChI=1S/C18H28N2O2/c21-17(13-15-7-3-1-4-8-15)14-19-12-11-18(22)20-16-9-5-2-6-10-16/h1,3-4,7-8,16-17,19,21H,2,5-6,9-14H2,(H,20,22)/t17-/m1/s1. The van der Waals surface area contributed by atoms with Crippen LogP contribution >= 0.6 is 0 Å². The number of nitrogens with one attached hydrogen (secondary N) is 2. The number of benzene rings is 1. The summed E-state index contributed by atoms with van der Waals surface area (Å²) in [4.78, 5) is 11.8. The van der Waals surface area contributed by atoms with Crippen molar-refractivity contribution in [2.45, 2.75) is 57.1 Å². The van der Waals surface area contributed by atoms with Gasteiger partial charge in [0.15, 0.2) is 0 Å². The van der Waals surface area contributed by atoms with E-state index in [1.807, 2.05) is 30.3 Å². The Labute approximate surface area is 133 Å². The van der Waals surface area contributed by atoms with E-state index >= 15 is 0 Å². The Morgan fingerprint density at radius 2 is 1.91 bits per heavy atom. The number of amides is 1. The number of hydrogen-bond acceptors (Lipinski definition) is 3. The maximum Gasteiger partial charge on any atom is 0.221 e. The van der Waals surface area contributed by atoms with Gasteiger partial charge < -0.3 is 15.7 Å². The number of carbonyl (C=O) groups is 1. The van der Waals surface area contributed by atoms with Gasteiger partial charge in [-0.2, -0.15) is 0 Å². The third kappa shape index (κ3) is 6.58. The van der Waals surface area contributed by atoms with Crippen LogP contribution in [0.1, 0.15) is 44.1 Å². The molecule has 4 nitrogen and oxygen atoms in total. The summed E-state index contributed by atoms with van der Waals surface area (Å²) in [7, 11) is 0. The van der Waals surface area contributed by atoms with Crippen molar-refractivity contribution in [3.63, 3.8) is 0 Å². The van der Waals surface area contributed by atoms with Crippen LogP contribution in [0.4, 0.5) is 0 Å². The summed E-state index contributed by atoms with van der Waals surface area (Å²) in [6.45, 7) is 1.13. The Balaban J connectivity index is 1.53. The van der Waals surface area contributed by atoms with Crippen molar-refractivity contribution in [3.8, 4) is 0 Å². The molecule has 0 saturated heterocycles. The quantitative estimate of drug-likeness (QED) is 0.644. The zero-order valence-corrected chi connectivity index (χ0v) is 13.3. The molecule has 22 heavy (non-hydrogen) atoms. The smallest absolute Gasteiger partial charge is 0.221 e. The zero-order chi connectivity index (χ0) is 15.6. The van der Waals surface area contributed by atoms with Crippen LogP contribution in [0.25, 0.3) is 0 Å². The van der Waals surface area contributed by atoms with Gasteiger partial charge in [0, 0.05) is 25.6 Å². The highest BCUT2D eigenvalue weighted by Crippen LogP contribution is 2.17. The van der Waals surface area contributed by atoms with Gasteiger partial charge in [-0.05, 0) is 24.8 Å². The Bertz CT molecular complexity index is 430.